The van der Waals surface area contributed by atoms with E-state index in [0.29, 0.717) is 13.0 Å². The summed E-state index contributed by atoms with van der Waals surface area (Å²) in [6.45, 7) is 0.700. The van der Waals surface area contributed by atoms with Crippen molar-refractivity contribution in [2.45, 2.75) is 31.6 Å². The highest BCUT2D eigenvalue weighted by Gasteiger charge is 2.33. The SMILES string of the molecule is COc1cccc(CON2CC[C@H](O)C[C@@H]2C(=O)NO)c1. The van der Waals surface area contributed by atoms with E-state index in [9.17, 15) is 9.90 Å². The zero-order valence-electron chi connectivity index (χ0n) is 11.9. The molecule has 2 atom stereocenters. The Hall–Kier alpha value is -1.67. The summed E-state index contributed by atoms with van der Waals surface area (Å²) in [5.74, 6) is 0.147. The van der Waals surface area contributed by atoms with Crippen LogP contribution in [-0.4, -0.2) is 47.1 Å². The molecule has 3 N–H and O–H groups in total. The Morgan fingerprint density at radius 2 is 2.33 bits per heavy atom. The molecule has 1 aliphatic heterocycles. The van der Waals surface area contributed by atoms with Gasteiger partial charge in [0.05, 0.1) is 19.8 Å². The van der Waals surface area contributed by atoms with Crippen molar-refractivity contribution in [2.24, 2.45) is 0 Å². The van der Waals surface area contributed by atoms with Crippen molar-refractivity contribution in [2.75, 3.05) is 13.7 Å². The normalized spacial score (nSPS) is 22.8. The summed E-state index contributed by atoms with van der Waals surface area (Å²) in [6, 6.07) is 6.73. The molecule has 1 aromatic carbocycles. The average Bonchev–Trinajstić information content (AvgIpc) is 2.53. The number of rotatable bonds is 5. The predicted octanol–water partition coefficient (Wildman–Crippen LogP) is 0.457. The zero-order chi connectivity index (χ0) is 15.2. The molecule has 116 valence electrons. The topological polar surface area (TPSA) is 91.3 Å². The van der Waals surface area contributed by atoms with Crippen LogP contribution in [0.4, 0.5) is 0 Å². The van der Waals surface area contributed by atoms with Gasteiger partial charge in [-0.15, -0.1) is 0 Å². The summed E-state index contributed by atoms with van der Waals surface area (Å²) >= 11 is 0. The number of nitrogens with one attached hydrogen (secondary N) is 1. The molecule has 0 bridgehead atoms. The number of hydrogen-bond donors (Lipinski definition) is 3. The maximum atomic E-state index is 11.6. The van der Waals surface area contributed by atoms with Gasteiger partial charge >= 0.3 is 0 Å². The zero-order valence-corrected chi connectivity index (χ0v) is 11.9. The molecule has 1 amide bonds. The summed E-state index contributed by atoms with van der Waals surface area (Å²) in [5, 5.41) is 19.9. The first-order chi connectivity index (χ1) is 10.1. The monoisotopic (exact) mass is 296 g/mol. The highest BCUT2D eigenvalue weighted by Crippen LogP contribution is 2.20. The summed E-state index contributed by atoms with van der Waals surface area (Å²) in [5.41, 5.74) is 2.52. The van der Waals surface area contributed by atoms with E-state index in [4.69, 9.17) is 14.8 Å². The third-order valence-corrected chi connectivity index (χ3v) is 3.47. The molecule has 1 aliphatic rings. The van der Waals surface area contributed by atoms with Gasteiger partial charge in [-0.1, -0.05) is 12.1 Å². The van der Waals surface area contributed by atoms with Crippen LogP contribution in [0.25, 0.3) is 0 Å². The van der Waals surface area contributed by atoms with Gasteiger partial charge in [-0.05, 0) is 24.1 Å². The first-order valence-corrected chi connectivity index (χ1v) is 6.78. The number of benzene rings is 1. The highest BCUT2D eigenvalue weighted by atomic mass is 16.7. The molecule has 0 spiro atoms. The maximum Gasteiger partial charge on any atom is 0.263 e. The van der Waals surface area contributed by atoms with Gasteiger partial charge in [0, 0.05) is 13.0 Å². The Morgan fingerprint density at radius 1 is 1.52 bits per heavy atom. The van der Waals surface area contributed by atoms with Gasteiger partial charge in [0.25, 0.3) is 5.91 Å². The number of hydroxylamine groups is 3. The maximum absolute atomic E-state index is 11.6. The Labute approximate surface area is 123 Å². The molecule has 0 aromatic heterocycles. The second kappa shape index (κ2) is 7.37. The predicted molar refractivity (Wildman–Crippen MR) is 73.4 cm³/mol. The van der Waals surface area contributed by atoms with Gasteiger partial charge in [0.1, 0.15) is 11.8 Å². The number of hydrogen-bond acceptors (Lipinski definition) is 6. The van der Waals surface area contributed by atoms with Gasteiger partial charge in [-0.2, -0.15) is 5.06 Å². The fraction of sp³-hybridized carbons (Fsp3) is 0.500. The van der Waals surface area contributed by atoms with Crippen molar-refractivity contribution in [3.63, 3.8) is 0 Å². The van der Waals surface area contributed by atoms with Crippen LogP contribution in [0.5, 0.6) is 5.75 Å². The Morgan fingerprint density at radius 3 is 3.05 bits per heavy atom. The molecule has 0 radical (unpaired) electrons. The molecule has 1 heterocycles. The number of nitrogens with zero attached hydrogens (tertiary/aromatic N) is 1. The molecule has 2 rings (SSSR count). The molecule has 1 aromatic rings. The number of piperidine rings is 1. The number of aliphatic hydroxyl groups excluding tert-OH is 1. The van der Waals surface area contributed by atoms with E-state index in [1.54, 1.807) is 12.6 Å². The molecular weight excluding hydrogens is 276 g/mol. The fourth-order valence-corrected chi connectivity index (χ4v) is 2.31. The van der Waals surface area contributed by atoms with Crippen LogP contribution >= 0.6 is 0 Å². The third-order valence-electron chi connectivity index (χ3n) is 3.47. The van der Waals surface area contributed by atoms with Gasteiger partial charge in [-0.3, -0.25) is 14.8 Å². The van der Waals surface area contributed by atoms with Crippen LogP contribution in [0.3, 0.4) is 0 Å². The first-order valence-electron chi connectivity index (χ1n) is 6.78. The van der Waals surface area contributed by atoms with Gasteiger partial charge in [0.2, 0.25) is 0 Å². The minimum atomic E-state index is -0.704. The van der Waals surface area contributed by atoms with Crippen molar-refractivity contribution < 1.29 is 24.7 Å². The molecule has 1 saturated heterocycles. The Kier molecular flexibility index (Phi) is 5.51. The van der Waals surface area contributed by atoms with Gasteiger partial charge in [-0.25, -0.2) is 5.48 Å². The van der Waals surface area contributed by atoms with Crippen LogP contribution in [0.2, 0.25) is 0 Å². The molecule has 7 heteroatoms. The quantitative estimate of drug-likeness (QED) is 0.540. The van der Waals surface area contributed by atoms with Crippen molar-refractivity contribution in [3.05, 3.63) is 29.8 Å². The van der Waals surface area contributed by atoms with E-state index in [1.165, 1.54) is 5.06 Å². The van der Waals surface area contributed by atoms with E-state index in [-0.39, 0.29) is 13.0 Å². The summed E-state index contributed by atoms with van der Waals surface area (Å²) < 4.78 is 5.14. The highest BCUT2D eigenvalue weighted by molar-refractivity contribution is 5.80. The van der Waals surface area contributed by atoms with Crippen LogP contribution in [0.15, 0.2) is 24.3 Å². The van der Waals surface area contributed by atoms with Crippen molar-refractivity contribution in [1.82, 2.24) is 10.5 Å². The van der Waals surface area contributed by atoms with E-state index in [1.807, 2.05) is 24.3 Å². The lowest BCUT2D eigenvalue weighted by Gasteiger charge is -2.35. The largest absolute Gasteiger partial charge is 0.497 e. The average molecular weight is 296 g/mol. The van der Waals surface area contributed by atoms with Crippen molar-refractivity contribution in [1.29, 1.82) is 0 Å². The first kappa shape index (κ1) is 15.7. The van der Waals surface area contributed by atoms with E-state index >= 15 is 0 Å². The summed E-state index contributed by atoms with van der Waals surface area (Å²) in [7, 11) is 1.59. The molecule has 0 saturated carbocycles. The number of ether oxygens (including phenoxy) is 1. The minimum absolute atomic E-state index is 0.227. The van der Waals surface area contributed by atoms with Gasteiger partial charge < -0.3 is 9.84 Å². The third kappa shape index (κ3) is 4.15. The van der Waals surface area contributed by atoms with E-state index < -0.39 is 18.1 Å². The summed E-state index contributed by atoms with van der Waals surface area (Å²) in [4.78, 5) is 17.3. The lowest BCUT2D eigenvalue weighted by Crippen LogP contribution is -2.51. The number of aliphatic hydroxyl groups is 1. The second-order valence-electron chi connectivity index (χ2n) is 4.94. The molecule has 0 aliphatic carbocycles. The lowest BCUT2D eigenvalue weighted by molar-refractivity contribution is -0.219. The number of methoxy groups -OCH3 is 1. The van der Waals surface area contributed by atoms with Crippen molar-refractivity contribution in [3.8, 4) is 5.75 Å². The fourth-order valence-electron chi connectivity index (χ4n) is 2.31. The van der Waals surface area contributed by atoms with Crippen LogP contribution in [0.1, 0.15) is 18.4 Å². The van der Waals surface area contributed by atoms with Crippen LogP contribution in [-0.2, 0) is 16.2 Å². The molecule has 21 heavy (non-hydrogen) atoms. The second-order valence-corrected chi connectivity index (χ2v) is 4.94. The lowest BCUT2D eigenvalue weighted by atomic mass is 10.0. The summed E-state index contributed by atoms with van der Waals surface area (Å²) in [6.07, 6.45) is 0.182. The molecule has 7 nitrogen and oxygen atoms in total. The minimum Gasteiger partial charge on any atom is -0.497 e. The van der Waals surface area contributed by atoms with E-state index in [2.05, 4.69) is 0 Å². The number of carbonyl (C=O) groups is 1. The number of carbonyl (C=O) groups excluding carboxylic acids is 1. The van der Waals surface area contributed by atoms with Gasteiger partial charge in [0.15, 0.2) is 0 Å². The molecule has 0 unspecified atom stereocenters. The smallest absolute Gasteiger partial charge is 0.263 e. The van der Waals surface area contributed by atoms with Crippen LogP contribution in [0, 0.1) is 0 Å². The van der Waals surface area contributed by atoms with E-state index in [0.717, 1.165) is 11.3 Å². The number of amides is 1. The Bertz CT molecular complexity index is 482. The molecular formula is C14H20N2O5. The standard InChI is InChI=1S/C14H20N2O5/c1-20-12-4-2-3-10(7-12)9-21-16-6-5-11(17)8-13(16)14(18)15-19/h2-4,7,11,13,17,19H,5-6,8-9H2,1H3,(H,15,18)/t11-,13+/m0/s1. The van der Waals surface area contributed by atoms with Crippen LogP contribution < -0.4 is 10.2 Å². The molecule has 1 fully saturated rings. The Balaban J connectivity index is 1.97. The van der Waals surface area contributed by atoms with Crippen molar-refractivity contribution >= 4 is 5.91 Å².